The van der Waals surface area contributed by atoms with Crippen LogP contribution < -0.4 is 0 Å². The molecule has 2 heteroatoms. The Morgan fingerprint density at radius 2 is 1.92 bits per heavy atom. The summed E-state index contributed by atoms with van der Waals surface area (Å²) >= 11 is 0. The van der Waals surface area contributed by atoms with Gasteiger partial charge in [0.05, 0.1) is 0 Å². The van der Waals surface area contributed by atoms with E-state index < -0.39 is 0 Å². The van der Waals surface area contributed by atoms with Crippen molar-refractivity contribution in [2.75, 3.05) is 7.05 Å². The molecule has 0 fully saturated rings. The van der Waals surface area contributed by atoms with Gasteiger partial charge in [0, 0.05) is 18.8 Å². The van der Waals surface area contributed by atoms with Crippen LogP contribution in [-0.4, -0.2) is 19.1 Å². The van der Waals surface area contributed by atoms with Crippen LogP contribution in [0.1, 0.15) is 12.5 Å². The average Bonchev–Trinajstić information content (AvgIpc) is 2.15. The Morgan fingerprint density at radius 3 is 2.42 bits per heavy atom. The molecule has 1 aromatic carbocycles. The minimum absolute atomic E-state index is 0.776. The topological polar surface area (TPSA) is 24.7 Å². The minimum Gasteiger partial charge on any atom is -0.270 e. The highest BCUT2D eigenvalue weighted by atomic mass is 14.9. The van der Waals surface area contributed by atoms with Gasteiger partial charge in [0.1, 0.15) is 0 Å². The molecule has 0 aromatic heterocycles. The molecule has 0 spiro atoms. The highest BCUT2D eigenvalue weighted by Gasteiger charge is 1.95. The van der Waals surface area contributed by atoms with Gasteiger partial charge in [-0.25, -0.2) is 4.99 Å². The fraction of sp³-hybridized carbons (Fsp3) is 0.200. The van der Waals surface area contributed by atoms with E-state index in [1.54, 1.807) is 13.3 Å². The molecule has 2 nitrogen and oxygen atoms in total. The summed E-state index contributed by atoms with van der Waals surface area (Å²) in [5.41, 5.74) is 1.05. The highest BCUT2D eigenvalue weighted by Crippen LogP contribution is 2.01. The molecule has 0 N–H and O–H groups in total. The van der Waals surface area contributed by atoms with E-state index in [1.165, 1.54) is 0 Å². The van der Waals surface area contributed by atoms with Crippen LogP contribution in [0, 0.1) is 0 Å². The summed E-state index contributed by atoms with van der Waals surface area (Å²) in [6, 6.07) is 9.93. The summed E-state index contributed by atoms with van der Waals surface area (Å²) in [5.74, 6) is 0.776. The van der Waals surface area contributed by atoms with Crippen LogP contribution in [0.2, 0.25) is 0 Å². The molecule has 12 heavy (non-hydrogen) atoms. The van der Waals surface area contributed by atoms with Gasteiger partial charge >= 0.3 is 0 Å². The van der Waals surface area contributed by atoms with Gasteiger partial charge in [-0.15, -0.1) is 0 Å². The van der Waals surface area contributed by atoms with Crippen LogP contribution in [0.3, 0.4) is 0 Å². The molecule has 1 rings (SSSR count). The lowest BCUT2D eigenvalue weighted by molar-refractivity contribution is 1.39. The molecule has 0 bridgehead atoms. The fourth-order valence-electron chi connectivity index (χ4n) is 0.971. The maximum absolute atomic E-state index is 4.14. The van der Waals surface area contributed by atoms with Crippen molar-refractivity contribution in [3.8, 4) is 0 Å². The molecule has 0 heterocycles. The predicted molar refractivity (Wildman–Crippen MR) is 53.1 cm³/mol. The SMILES string of the molecule is CC=NC(=NC)c1ccccc1. The summed E-state index contributed by atoms with van der Waals surface area (Å²) in [6.45, 7) is 1.88. The lowest BCUT2D eigenvalue weighted by atomic mass is 10.2. The molecule has 0 aliphatic rings. The maximum atomic E-state index is 4.14. The zero-order valence-corrected chi connectivity index (χ0v) is 7.36. The summed E-state index contributed by atoms with van der Waals surface area (Å²) in [7, 11) is 1.75. The van der Waals surface area contributed by atoms with E-state index in [4.69, 9.17) is 0 Å². The number of hydrogen-bond acceptors (Lipinski definition) is 1. The number of hydrogen-bond donors (Lipinski definition) is 0. The van der Waals surface area contributed by atoms with E-state index in [1.807, 2.05) is 37.3 Å². The maximum Gasteiger partial charge on any atom is 0.153 e. The molecule has 0 saturated heterocycles. The molecule has 62 valence electrons. The van der Waals surface area contributed by atoms with Gasteiger partial charge in [-0.2, -0.15) is 0 Å². The molecule has 0 aliphatic heterocycles. The van der Waals surface area contributed by atoms with E-state index in [-0.39, 0.29) is 0 Å². The number of nitrogens with zero attached hydrogens (tertiary/aromatic N) is 2. The third kappa shape index (κ3) is 2.02. The summed E-state index contributed by atoms with van der Waals surface area (Å²) in [4.78, 5) is 8.20. The second kappa shape index (κ2) is 4.44. The Bertz CT molecular complexity index is 286. The van der Waals surface area contributed by atoms with E-state index in [2.05, 4.69) is 9.98 Å². The number of rotatable bonds is 1. The lowest BCUT2D eigenvalue weighted by Crippen LogP contribution is -1.95. The van der Waals surface area contributed by atoms with Crippen LogP contribution >= 0.6 is 0 Å². The van der Waals surface area contributed by atoms with Gasteiger partial charge in [-0.1, -0.05) is 30.3 Å². The molecule has 0 amide bonds. The first-order valence-electron chi connectivity index (χ1n) is 3.89. The molecule has 0 unspecified atom stereocenters. The third-order valence-corrected chi connectivity index (χ3v) is 1.50. The van der Waals surface area contributed by atoms with Crippen LogP contribution in [0.4, 0.5) is 0 Å². The van der Waals surface area contributed by atoms with Gasteiger partial charge < -0.3 is 0 Å². The summed E-state index contributed by atoms with van der Waals surface area (Å²) < 4.78 is 0. The first-order valence-corrected chi connectivity index (χ1v) is 3.89. The Balaban J connectivity index is 2.97. The quantitative estimate of drug-likeness (QED) is 0.444. The van der Waals surface area contributed by atoms with Crippen LogP contribution in [0.15, 0.2) is 40.3 Å². The van der Waals surface area contributed by atoms with Crippen molar-refractivity contribution in [3.05, 3.63) is 35.9 Å². The molecular weight excluding hydrogens is 148 g/mol. The second-order valence-corrected chi connectivity index (χ2v) is 2.30. The van der Waals surface area contributed by atoms with E-state index in [9.17, 15) is 0 Å². The van der Waals surface area contributed by atoms with Crippen molar-refractivity contribution in [1.82, 2.24) is 0 Å². The molecule has 0 atom stereocenters. The van der Waals surface area contributed by atoms with Gasteiger partial charge in [0.2, 0.25) is 0 Å². The molecule has 0 saturated carbocycles. The van der Waals surface area contributed by atoms with Crippen molar-refractivity contribution in [3.63, 3.8) is 0 Å². The summed E-state index contributed by atoms with van der Waals surface area (Å²) in [6.07, 6.45) is 1.75. The second-order valence-electron chi connectivity index (χ2n) is 2.30. The first kappa shape index (κ1) is 8.65. The third-order valence-electron chi connectivity index (χ3n) is 1.50. The first-order chi connectivity index (χ1) is 5.88. The van der Waals surface area contributed by atoms with Crippen LogP contribution in [-0.2, 0) is 0 Å². The van der Waals surface area contributed by atoms with Crippen molar-refractivity contribution in [2.45, 2.75) is 6.92 Å². The van der Waals surface area contributed by atoms with Gasteiger partial charge in [-0.05, 0) is 6.92 Å². The van der Waals surface area contributed by atoms with Crippen molar-refractivity contribution < 1.29 is 0 Å². The Kier molecular flexibility index (Phi) is 3.20. The van der Waals surface area contributed by atoms with Gasteiger partial charge in [0.25, 0.3) is 0 Å². The van der Waals surface area contributed by atoms with Crippen molar-refractivity contribution in [1.29, 1.82) is 0 Å². The number of amidine groups is 1. The minimum atomic E-state index is 0.776. The highest BCUT2D eigenvalue weighted by molar-refractivity contribution is 6.02. The largest absolute Gasteiger partial charge is 0.270 e. The summed E-state index contributed by atoms with van der Waals surface area (Å²) in [5, 5.41) is 0. The lowest BCUT2D eigenvalue weighted by Gasteiger charge is -1.97. The van der Waals surface area contributed by atoms with Crippen molar-refractivity contribution >= 4 is 12.1 Å². The van der Waals surface area contributed by atoms with E-state index in [0.29, 0.717) is 0 Å². The monoisotopic (exact) mass is 160 g/mol. The molecular formula is C10H12N2. The van der Waals surface area contributed by atoms with Gasteiger partial charge in [0.15, 0.2) is 5.84 Å². The Hall–Kier alpha value is -1.44. The van der Waals surface area contributed by atoms with E-state index >= 15 is 0 Å². The standard InChI is InChI=1S/C10H12N2/c1-3-12-10(11-2)9-7-5-4-6-8-9/h3-8H,1-2H3. The Labute approximate surface area is 72.7 Å². The number of aliphatic imine (C=N–C) groups is 2. The van der Waals surface area contributed by atoms with E-state index in [0.717, 1.165) is 11.4 Å². The van der Waals surface area contributed by atoms with Crippen molar-refractivity contribution in [2.24, 2.45) is 9.98 Å². The number of benzene rings is 1. The van der Waals surface area contributed by atoms with Crippen LogP contribution in [0.5, 0.6) is 0 Å². The molecule has 0 radical (unpaired) electrons. The molecule has 1 aromatic rings. The zero-order chi connectivity index (χ0) is 8.81. The van der Waals surface area contributed by atoms with Gasteiger partial charge in [-0.3, -0.25) is 4.99 Å². The smallest absolute Gasteiger partial charge is 0.153 e. The average molecular weight is 160 g/mol. The molecule has 0 aliphatic carbocycles. The zero-order valence-electron chi connectivity index (χ0n) is 7.36. The Morgan fingerprint density at radius 1 is 1.25 bits per heavy atom. The fourth-order valence-corrected chi connectivity index (χ4v) is 0.971. The van der Waals surface area contributed by atoms with Crippen LogP contribution in [0.25, 0.3) is 0 Å². The normalized spacial score (nSPS) is 12.3. The predicted octanol–water partition coefficient (Wildman–Crippen LogP) is 2.15.